The second kappa shape index (κ2) is 6.15. The zero-order valence-corrected chi connectivity index (χ0v) is 12.2. The van der Waals surface area contributed by atoms with E-state index in [1.165, 1.54) is 6.42 Å². The van der Waals surface area contributed by atoms with E-state index in [0.29, 0.717) is 0 Å². The summed E-state index contributed by atoms with van der Waals surface area (Å²) in [7, 11) is 0. The van der Waals surface area contributed by atoms with Gasteiger partial charge in [-0.05, 0) is 31.1 Å². The Kier molecular flexibility index (Phi) is 6.27. The maximum Gasteiger partial charge on any atom is 0.0608 e. The van der Waals surface area contributed by atoms with Crippen molar-refractivity contribution in [1.29, 1.82) is 0 Å². The van der Waals surface area contributed by atoms with E-state index in [1.807, 2.05) is 0 Å². The molecule has 0 fully saturated rings. The van der Waals surface area contributed by atoms with Crippen LogP contribution in [0, 0.1) is 11.3 Å². The van der Waals surface area contributed by atoms with Crippen LogP contribution in [0.3, 0.4) is 0 Å². The summed E-state index contributed by atoms with van der Waals surface area (Å²) in [5, 5.41) is 0. The molecule has 1 unspecified atom stereocenters. The fraction of sp³-hybridized carbons (Fsp3) is 1.00. The average molecular weight is 232 g/mol. The van der Waals surface area contributed by atoms with E-state index in [0.717, 1.165) is 25.6 Å². The summed E-state index contributed by atoms with van der Waals surface area (Å²) in [4.78, 5) is 0. The van der Waals surface area contributed by atoms with Gasteiger partial charge in [-0.1, -0.05) is 34.6 Å². The SMILES string of the molecule is CCC(C)(S)COCC(C)(C)CC(C)C. The van der Waals surface area contributed by atoms with Crippen molar-refractivity contribution in [2.75, 3.05) is 13.2 Å². The molecule has 0 aliphatic rings. The van der Waals surface area contributed by atoms with Gasteiger partial charge in [0, 0.05) is 4.75 Å². The first-order valence-electron chi connectivity index (χ1n) is 5.99. The first-order valence-corrected chi connectivity index (χ1v) is 6.43. The van der Waals surface area contributed by atoms with Crippen LogP contribution in [-0.2, 0) is 4.74 Å². The molecule has 0 spiro atoms. The smallest absolute Gasteiger partial charge is 0.0608 e. The van der Waals surface area contributed by atoms with Crippen LogP contribution >= 0.6 is 12.6 Å². The third-order valence-electron chi connectivity index (χ3n) is 2.63. The van der Waals surface area contributed by atoms with Gasteiger partial charge in [-0.25, -0.2) is 0 Å². The lowest BCUT2D eigenvalue weighted by molar-refractivity contribution is 0.0405. The fourth-order valence-corrected chi connectivity index (χ4v) is 1.90. The Morgan fingerprint density at radius 2 is 1.67 bits per heavy atom. The van der Waals surface area contributed by atoms with Crippen LogP contribution in [-0.4, -0.2) is 18.0 Å². The number of hydrogen-bond donors (Lipinski definition) is 1. The van der Waals surface area contributed by atoms with Crippen LogP contribution in [0.2, 0.25) is 0 Å². The highest BCUT2D eigenvalue weighted by atomic mass is 32.1. The minimum absolute atomic E-state index is 0.0217. The highest BCUT2D eigenvalue weighted by Gasteiger charge is 2.22. The van der Waals surface area contributed by atoms with Crippen LogP contribution < -0.4 is 0 Å². The molecular weight excluding hydrogens is 204 g/mol. The van der Waals surface area contributed by atoms with Gasteiger partial charge in [-0.15, -0.1) is 0 Å². The van der Waals surface area contributed by atoms with Gasteiger partial charge in [0.15, 0.2) is 0 Å². The molecule has 0 amide bonds. The van der Waals surface area contributed by atoms with Crippen LogP contribution in [0.1, 0.15) is 54.4 Å². The molecule has 15 heavy (non-hydrogen) atoms. The van der Waals surface area contributed by atoms with Crippen LogP contribution in [0.5, 0.6) is 0 Å². The average Bonchev–Trinajstić information content (AvgIpc) is 2.00. The van der Waals surface area contributed by atoms with Crippen LogP contribution in [0.4, 0.5) is 0 Å². The van der Waals surface area contributed by atoms with E-state index in [2.05, 4.69) is 54.2 Å². The normalized spacial score (nSPS) is 16.8. The highest BCUT2D eigenvalue weighted by Crippen LogP contribution is 2.26. The minimum atomic E-state index is 0.0217. The summed E-state index contributed by atoms with van der Waals surface area (Å²) in [6.45, 7) is 14.9. The van der Waals surface area contributed by atoms with Gasteiger partial charge in [-0.3, -0.25) is 0 Å². The van der Waals surface area contributed by atoms with Gasteiger partial charge in [0.25, 0.3) is 0 Å². The second-order valence-electron chi connectivity index (χ2n) is 6.11. The van der Waals surface area contributed by atoms with Gasteiger partial charge in [0.1, 0.15) is 0 Å². The third-order valence-corrected chi connectivity index (χ3v) is 3.07. The number of ether oxygens (including phenoxy) is 1. The summed E-state index contributed by atoms with van der Waals surface area (Å²) in [5.74, 6) is 0.733. The number of hydrogen-bond acceptors (Lipinski definition) is 2. The van der Waals surface area contributed by atoms with E-state index < -0.39 is 0 Å². The van der Waals surface area contributed by atoms with Gasteiger partial charge in [0.2, 0.25) is 0 Å². The lowest BCUT2D eigenvalue weighted by atomic mass is 9.85. The van der Waals surface area contributed by atoms with Crippen molar-refractivity contribution in [3.8, 4) is 0 Å². The number of thiol groups is 1. The van der Waals surface area contributed by atoms with Crippen molar-refractivity contribution >= 4 is 12.6 Å². The summed E-state index contributed by atoms with van der Waals surface area (Å²) < 4.78 is 5.80. The zero-order chi connectivity index (χ0) is 12.1. The Hall–Kier alpha value is 0.310. The Morgan fingerprint density at radius 3 is 2.07 bits per heavy atom. The van der Waals surface area contributed by atoms with Gasteiger partial charge in [-0.2, -0.15) is 12.6 Å². The summed E-state index contributed by atoms with van der Waals surface area (Å²) in [5.41, 5.74) is 0.283. The molecule has 1 atom stereocenters. The molecule has 0 N–H and O–H groups in total. The molecule has 0 heterocycles. The molecule has 0 aromatic heterocycles. The molecule has 2 heteroatoms. The van der Waals surface area contributed by atoms with E-state index in [-0.39, 0.29) is 10.2 Å². The predicted molar refractivity (Wildman–Crippen MR) is 71.7 cm³/mol. The summed E-state index contributed by atoms with van der Waals surface area (Å²) >= 11 is 4.56. The topological polar surface area (TPSA) is 9.23 Å². The molecule has 0 bridgehead atoms. The maximum atomic E-state index is 5.78. The molecule has 0 aliphatic heterocycles. The highest BCUT2D eigenvalue weighted by molar-refractivity contribution is 7.81. The standard InChI is InChI=1S/C13H28OS/c1-7-13(6,15)10-14-9-12(4,5)8-11(2)3/h11,15H,7-10H2,1-6H3. The molecule has 1 nitrogen and oxygen atoms in total. The molecule has 92 valence electrons. The predicted octanol–water partition coefficient (Wildman–Crippen LogP) is 4.17. The van der Waals surface area contributed by atoms with E-state index in [1.54, 1.807) is 0 Å². The first kappa shape index (κ1) is 15.3. The Morgan fingerprint density at radius 1 is 1.13 bits per heavy atom. The van der Waals surface area contributed by atoms with Crippen molar-refractivity contribution in [3.05, 3.63) is 0 Å². The molecule has 0 aromatic carbocycles. The Bertz CT molecular complexity index is 173. The van der Waals surface area contributed by atoms with Crippen LogP contribution in [0.25, 0.3) is 0 Å². The Balaban J connectivity index is 3.84. The lowest BCUT2D eigenvalue weighted by Crippen LogP contribution is -2.28. The van der Waals surface area contributed by atoms with Crippen molar-refractivity contribution in [3.63, 3.8) is 0 Å². The summed E-state index contributed by atoms with van der Waals surface area (Å²) in [6, 6.07) is 0. The van der Waals surface area contributed by atoms with Crippen molar-refractivity contribution in [1.82, 2.24) is 0 Å². The first-order chi connectivity index (χ1) is 6.68. The molecule has 0 saturated carbocycles. The molecule has 0 radical (unpaired) electrons. The van der Waals surface area contributed by atoms with Crippen molar-refractivity contribution < 1.29 is 4.74 Å². The van der Waals surface area contributed by atoms with Crippen molar-refractivity contribution in [2.24, 2.45) is 11.3 Å². The third kappa shape index (κ3) is 8.15. The van der Waals surface area contributed by atoms with E-state index in [4.69, 9.17) is 4.74 Å². The molecular formula is C13H28OS. The van der Waals surface area contributed by atoms with E-state index in [9.17, 15) is 0 Å². The maximum absolute atomic E-state index is 5.78. The summed E-state index contributed by atoms with van der Waals surface area (Å²) in [6.07, 6.45) is 2.25. The molecule has 0 saturated heterocycles. The minimum Gasteiger partial charge on any atom is -0.379 e. The second-order valence-corrected chi connectivity index (χ2v) is 7.19. The lowest BCUT2D eigenvalue weighted by Gasteiger charge is -2.29. The molecule has 0 aromatic rings. The number of rotatable bonds is 7. The largest absolute Gasteiger partial charge is 0.379 e. The molecule has 0 rings (SSSR count). The van der Waals surface area contributed by atoms with Gasteiger partial charge in [0.05, 0.1) is 13.2 Å². The Labute approximate surface area is 101 Å². The van der Waals surface area contributed by atoms with Gasteiger partial charge >= 0.3 is 0 Å². The van der Waals surface area contributed by atoms with Crippen molar-refractivity contribution in [2.45, 2.75) is 59.1 Å². The van der Waals surface area contributed by atoms with Crippen LogP contribution in [0.15, 0.2) is 0 Å². The zero-order valence-electron chi connectivity index (χ0n) is 11.3. The van der Waals surface area contributed by atoms with E-state index >= 15 is 0 Å². The monoisotopic (exact) mass is 232 g/mol. The quantitative estimate of drug-likeness (QED) is 0.648. The van der Waals surface area contributed by atoms with Gasteiger partial charge < -0.3 is 4.74 Å². The molecule has 0 aliphatic carbocycles. The fourth-order valence-electron chi connectivity index (χ4n) is 1.81.